The van der Waals surface area contributed by atoms with Crippen molar-refractivity contribution in [2.24, 2.45) is 10.9 Å². The summed E-state index contributed by atoms with van der Waals surface area (Å²) in [6.07, 6.45) is 4.07. The van der Waals surface area contributed by atoms with Gasteiger partial charge in [0.2, 0.25) is 0 Å². The molecule has 3 rings (SSSR count). The normalized spacial score (nSPS) is 22.0. The summed E-state index contributed by atoms with van der Waals surface area (Å²) in [6, 6.07) is 8.82. The topological polar surface area (TPSA) is 30.9 Å². The van der Waals surface area contributed by atoms with Crippen molar-refractivity contribution in [1.29, 1.82) is 0 Å². The van der Waals surface area contributed by atoms with Crippen molar-refractivity contribution in [1.82, 2.24) is 15.1 Å². The second-order valence-electron chi connectivity index (χ2n) is 8.12. The standard InChI is InChI=1S/C22H36N4.HI/c1-4-23-22(24-15-19(3)21-9-7-8-18(2)14-21)26-13-10-20(17-26)16-25-11-5-6-12-25;/h7-9,14,19-20H,4-6,10-13,15-17H2,1-3H3,(H,23,24);1H. The number of aryl methyl sites for hydroxylation is 1. The highest BCUT2D eigenvalue weighted by Gasteiger charge is 2.27. The van der Waals surface area contributed by atoms with Gasteiger partial charge in [0.15, 0.2) is 5.96 Å². The van der Waals surface area contributed by atoms with Gasteiger partial charge in [0, 0.05) is 38.6 Å². The minimum Gasteiger partial charge on any atom is -0.357 e. The number of rotatable bonds is 6. The van der Waals surface area contributed by atoms with Gasteiger partial charge in [-0.1, -0.05) is 36.8 Å². The van der Waals surface area contributed by atoms with E-state index in [1.54, 1.807) is 0 Å². The highest BCUT2D eigenvalue weighted by molar-refractivity contribution is 14.0. The Hall–Kier alpha value is -0.820. The molecular formula is C22H37IN4. The van der Waals surface area contributed by atoms with Crippen LogP contribution in [0.1, 0.15) is 50.2 Å². The molecule has 4 nitrogen and oxygen atoms in total. The molecule has 2 aliphatic heterocycles. The molecule has 2 saturated heterocycles. The number of hydrogen-bond acceptors (Lipinski definition) is 2. The molecule has 0 amide bonds. The molecule has 0 spiro atoms. The van der Waals surface area contributed by atoms with E-state index in [-0.39, 0.29) is 24.0 Å². The Kier molecular flexibility index (Phi) is 9.36. The first-order valence-electron chi connectivity index (χ1n) is 10.5. The summed E-state index contributed by atoms with van der Waals surface area (Å²) in [5.74, 6) is 2.36. The largest absolute Gasteiger partial charge is 0.357 e. The Morgan fingerprint density at radius 1 is 1.26 bits per heavy atom. The molecule has 5 heteroatoms. The van der Waals surface area contributed by atoms with E-state index in [9.17, 15) is 0 Å². The van der Waals surface area contributed by atoms with E-state index in [1.165, 1.54) is 50.0 Å². The van der Waals surface area contributed by atoms with Gasteiger partial charge >= 0.3 is 0 Å². The average Bonchev–Trinajstić information content (AvgIpc) is 3.31. The molecule has 0 bridgehead atoms. The van der Waals surface area contributed by atoms with Crippen molar-refractivity contribution in [2.45, 2.75) is 46.0 Å². The minimum atomic E-state index is 0. The van der Waals surface area contributed by atoms with Gasteiger partial charge in [0.25, 0.3) is 0 Å². The van der Waals surface area contributed by atoms with E-state index in [2.05, 4.69) is 60.2 Å². The molecule has 2 fully saturated rings. The molecular weight excluding hydrogens is 447 g/mol. The monoisotopic (exact) mass is 484 g/mol. The summed E-state index contributed by atoms with van der Waals surface area (Å²) in [5.41, 5.74) is 2.72. The van der Waals surface area contributed by atoms with Crippen molar-refractivity contribution < 1.29 is 0 Å². The SMILES string of the molecule is CCNC(=NCC(C)c1cccc(C)c1)N1CCC(CN2CCCC2)C1.I. The quantitative estimate of drug-likeness (QED) is 0.375. The van der Waals surface area contributed by atoms with Crippen molar-refractivity contribution in [3.05, 3.63) is 35.4 Å². The fourth-order valence-corrected chi connectivity index (χ4v) is 4.24. The van der Waals surface area contributed by atoms with E-state index < -0.39 is 0 Å². The average molecular weight is 484 g/mol. The maximum absolute atomic E-state index is 4.99. The number of nitrogens with one attached hydrogen (secondary N) is 1. The highest BCUT2D eigenvalue weighted by atomic mass is 127. The van der Waals surface area contributed by atoms with Crippen LogP contribution in [0.3, 0.4) is 0 Å². The van der Waals surface area contributed by atoms with Crippen LogP contribution in [0.4, 0.5) is 0 Å². The van der Waals surface area contributed by atoms with E-state index in [4.69, 9.17) is 4.99 Å². The summed E-state index contributed by atoms with van der Waals surface area (Å²) in [5, 5.41) is 3.52. The van der Waals surface area contributed by atoms with Crippen LogP contribution in [0.5, 0.6) is 0 Å². The third-order valence-corrected chi connectivity index (χ3v) is 5.76. The van der Waals surface area contributed by atoms with Gasteiger partial charge in [0.1, 0.15) is 0 Å². The number of benzene rings is 1. The Morgan fingerprint density at radius 2 is 2.04 bits per heavy atom. The predicted octanol–water partition coefficient (Wildman–Crippen LogP) is 4.10. The molecule has 2 heterocycles. The van der Waals surface area contributed by atoms with Crippen LogP contribution in [0, 0.1) is 12.8 Å². The van der Waals surface area contributed by atoms with Crippen LogP contribution in [0.15, 0.2) is 29.3 Å². The van der Waals surface area contributed by atoms with Crippen molar-refractivity contribution in [2.75, 3.05) is 45.8 Å². The van der Waals surface area contributed by atoms with E-state index in [1.807, 2.05) is 0 Å². The maximum atomic E-state index is 4.99. The van der Waals surface area contributed by atoms with Crippen molar-refractivity contribution in [3.8, 4) is 0 Å². The number of halogens is 1. The zero-order chi connectivity index (χ0) is 18.4. The number of likely N-dealkylation sites (tertiary alicyclic amines) is 2. The van der Waals surface area contributed by atoms with Crippen LogP contribution in [0.2, 0.25) is 0 Å². The molecule has 2 aliphatic rings. The summed E-state index contributed by atoms with van der Waals surface area (Å²) in [7, 11) is 0. The first kappa shape index (κ1) is 22.5. The molecule has 27 heavy (non-hydrogen) atoms. The van der Waals surface area contributed by atoms with E-state index >= 15 is 0 Å². The Bertz CT molecular complexity index is 598. The molecule has 1 N–H and O–H groups in total. The molecule has 1 aromatic carbocycles. The third-order valence-electron chi connectivity index (χ3n) is 5.76. The van der Waals surface area contributed by atoms with Crippen LogP contribution in [-0.4, -0.2) is 61.6 Å². The van der Waals surface area contributed by atoms with E-state index in [0.29, 0.717) is 5.92 Å². The maximum Gasteiger partial charge on any atom is 0.193 e. The number of guanidine groups is 1. The fraction of sp³-hybridized carbons (Fsp3) is 0.682. The van der Waals surface area contributed by atoms with Gasteiger partial charge < -0.3 is 15.1 Å². The molecule has 0 aliphatic carbocycles. The van der Waals surface area contributed by atoms with Crippen molar-refractivity contribution >= 4 is 29.9 Å². The summed E-state index contributed by atoms with van der Waals surface area (Å²) in [4.78, 5) is 10.1. The van der Waals surface area contributed by atoms with Gasteiger partial charge in [0.05, 0.1) is 0 Å². The van der Waals surface area contributed by atoms with E-state index in [0.717, 1.165) is 38.1 Å². The summed E-state index contributed by atoms with van der Waals surface area (Å²) >= 11 is 0. The lowest BCUT2D eigenvalue weighted by Gasteiger charge is -2.24. The molecule has 2 atom stereocenters. The molecule has 152 valence electrons. The fourth-order valence-electron chi connectivity index (χ4n) is 4.24. The van der Waals surface area contributed by atoms with Crippen LogP contribution < -0.4 is 5.32 Å². The second-order valence-corrected chi connectivity index (χ2v) is 8.12. The van der Waals surface area contributed by atoms with Gasteiger partial charge in [-0.15, -0.1) is 24.0 Å². The number of aliphatic imine (C=N–C) groups is 1. The Balaban J connectivity index is 0.00000261. The van der Waals surface area contributed by atoms with Crippen LogP contribution >= 0.6 is 24.0 Å². The number of nitrogens with zero attached hydrogens (tertiary/aromatic N) is 3. The van der Waals surface area contributed by atoms with Gasteiger partial charge in [-0.05, 0) is 57.7 Å². The van der Waals surface area contributed by atoms with Crippen LogP contribution in [-0.2, 0) is 0 Å². The van der Waals surface area contributed by atoms with Gasteiger partial charge in [-0.25, -0.2) is 0 Å². The van der Waals surface area contributed by atoms with Crippen molar-refractivity contribution in [3.63, 3.8) is 0 Å². The zero-order valence-electron chi connectivity index (χ0n) is 17.3. The first-order valence-corrected chi connectivity index (χ1v) is 10.5. The highest BCUT2D eigenvalue weighted by Crippen LogP contribution is 2.21. The zero-order valence-corrected chi connectivity index (χ0v) is 19.6. The second kappa shape index (κ2) is 11.2. The van der Waals surface area contributed by atoms with Crippen LogP contribution in [0.25, 0.3) is 0 Å². The summed E-state index contributed by atoms with van der Waals surface area (Å²) in [6.45, 7) is 14.6. The molecule has 0 aromatic heterocycles. The lowest BCUT2D eigenvalue weighted by atomic mass is 10.00. The smallest absolute Gasteiger partial charge is 0.193 e. The molecule has 1 aromatic rings. The van der Waals surface area contributed by atoms with Gasteiger partial charge in [-0.2, -0.15) is 0 Å². The lowest BCUT2D eigenvalue weighted by molar-refractivity contribution is 0.281. The third kappa shape index (κ3) is 6.63. The van der Waals surface area contributed by atoms with Gasteiger partial charge in [-0.3, -0.25) is 4.99 Å². The minimum absolute atomic E-state index is 0. The molecule has 0 radical (unpaired) electrons. The summed E-state index contributed by atoms with van der Waals surface area (Å²) < 4.78 is 0. The first-order chi connectivity index (χ1) is 12.7. The lowest BCUT2D eigenvalue weighted by Crippen LogP contribution is -2.41. The Morgan fingerprint density at radius 3 is 2.74 bits per heavy atom. The molecule has 2 unspecified atom stereocenters. The molecule has 0 saturated carbocycles. The predicted molar refractivity (Wildman–Crippen MR) is 126 cm³/mol. The Labute approximate surface area is 182 Å². The number of hydrogen-bond donors (Lipinski definition) is 1.